The summed E-state index contributed by atoms with van der Waals surface area (Å²) in [6.07, 6.45) is 2.45. The monoisotopic (exact) mass is 683 g/mol. The highest BCUT2D eigenvalue weighted by Crippen LogP contribution is 2.65. The lowest BCUT2D eigenvalue weighted by Gasteiger charge is -2.50. The molecule has 1 saturated carbocycles. The summed E-state index contributed by atoms with van der Waals surface area (Å²) in [5, 5.41) is 12.1. The van der Waals surface area contributed by atoms with Gasteiger partial charge in [-0.3, -0.25) is 29.5 Å². The molecule has 0 bridgehead atoms. The molecule has 10 nitrogen and oxygen atoms in total. The fraction of sp³-hybridized carbons (Fsp3) is 0.268. The minimum atomic E-state index is -1.47. The smallest absolute Gasteiger partial charge is 0.260 e. The number of fused-ring (bicyclic) bond motifs is 4. The number of methoxy groups -OCH3 is 2. The largest absolute Gasteiger partial charge is 0.502 e. The summed E-state index contributed by atoms with van der Waals surface area (Å²) >= 11 is 0. The fourth-order valence-corrected chi connectivity index (χ4v) is 9.03. The number of carbonyl (C=O) groups excluding carboxylic acids is 4. The maximum absolute atomic E-state index is 15.3. The SMILES string of the molecule is COc1cc(C2C3=CCC4C(=O)N(c5ccccc5)C(=O)C4C3CC3C(=O)N(Nc4ccc(C)cc4)C(=O)C32c2ccccc2)cc(OC)c1O. The van der Waals surface area contributed by atoms with Crippen molar-refractivity contribution in [1.82, 2.24) is 5.01 Å². The third kappa shape index (κ3) is 4.69. The Morgan fingerprint density at radius 2 is 1.41 bits per heavy atom. The van der Waals surface area contributed by atoms with Gasteiger partial charge in [0.25, 0.3) is 11.8 Å². The molecule has 8 rings (SSSR count). The molecular weight excluding hydrogens is 646 g/mol. The molecule has 4 aliphatic rings. The van der Waals surface area contributed by atoms with Gasteiger partial charge >= 0.3 is 0 Å². The number of anilines is 2. The minimum absolute atomic E-state index is 0.134. The van der Waals surface area contributed by atoms with Gasteiger partial charge in [0.2, 0.25) is 17.6 Å². The van der Waals surface area contributed by atoms with Crippen molar-refractivity contribution in [2.24, 2.45) is 23.7 Å². The topological polar surface area (TPSA) is 125 Å². The van der Waals surface area contributed by atoms with Crippen molar-refractivity contribution in [3.05, 3.63) is 125 Å². The first kappa shape index (κ1) is 32.3. The second kappa shape index (κ2) is 12.2. The van der Waals surface area contributed by atoms with Crippen LogP contribution in [0.3, 0.4) is 0 Å². The molecule has 2 N–H and O–H groups in total. The van der Waals surface area contributed by atoms with Crippen molar-refractivity contribution in [3.8, 4) is 17.2 Å². The van der Waals surface area contributed by atoms with E-state index in [0.717, 1.165) is 16.1 Å². The molecule has 10 heteroatoms. The molecule has 4 aromatic carbocycles. The van der Waals surface area contributed by atoms with Gasteiger partial charge < -0.3 is 14.6 Å². The molecule has 2 aliphatic heterocycles. The third-order valence-corrected chi connectivity index (χ3v) is 11.2. The first-order valence-electron chi connectivity index (χ1n) is 17.1. The normalized spacial score (nSPS) is 26.7. The van der Waals surface area contributed by atoms with Crippen LogP contribution < -0.4 is 19.8 Å². The maximum atomic E-state index is 15.3. The van der Waals surface area contributed by atoms with Crippen molar-refractivity contribution >= 4 is 35.0 Å². The molecule has 6 unspecified atom stereocenters. The highest BCUT2D eigenvalue weighted by molar-refractivity contribution is 6.22. The molecule has 3 fully saturated rings. The molecule has 4 amide bonds. The average molecular weight is 684 g/mol. The van der Waals surface area contributed by atoms with Crippen molar-refractivity contribution in [1.29, 1.82) is 0 Å². The number of para-hydroxylation sites is 1. The van der Waals surface area contributed by atoms with E-state index >= 15 is 4.79 Å². The molecule has 2 aliphatic carbocycles. The van der Waals surface area contributed by atoms with Gasteiger partial charge in [-0.2, -0.15) is 5.01 Å². The molecule has 2 heterocycles. The lowest BCUT2D eigenvalue weighted by Crippen LogP contribution is -2.53. The standard InChI is InChI=1S/C41H37N3O7/c1-23-14-16-26(17-15-23)42-44-38(47)31-22-30-28(18-19-29-34(30)39(48)43(37(29)46)27-12-8-5-9-13-27)35(24-20-32(50-2)36(45)33(21-24)51-3)41(31,40(44)49)25-10-6-4-7-11-25/h4-18,20-21,29-31,34-35,42,45H,19,22H2,1-3H3. The first-order chi connectivity index (χ1) is 24.7. The van der Waals surface area contributed by atoms with Crippen LogP contribution in [0.1, 0.15) is 35.4 Å². The summed E-state index contributed by atoms with van der Waals surface area (Å²) in [6.45, 7) is 1.95. The Morgan fingerprint density at radius 3 is 2.04 bits per heavy atom. The van der Waals surface area contributed by atoms with Crippen LogP contribution >= 0.6 is 0 Å². The van der Waals surface area contributed by atoms with Crippen LogP contribution in [-0.4, -0.2) is 48.0 Å². The maximum Gasteiger partial charge on any atom is 0.260 e. The number of imide groups is 2. The number of hydrogen-bond acceptors (Lipinski definition) is 8. The van der Waals surface area contributed by atoms with E-state index in [0.29, 0.717) is 22.5 Å². The summed E-state index contributed by atoms with van der Waals surface area (Å²) in [5.74, 6) is -5.01. The second-order valence-corrected chi connectivity index (χ2v) is 13.7. The number of aromatic hydroxyl groups is 1. The predicted molar refractivity (Wildman–Crippen MR) is 189 cm³/mol. The summed E-state index contributed by atoms with van der Waals surface area (Å²) in [7, 11) is 2.86. The number of hydrazine groups is 1. The summed E-state index contributed by atoms with van der Waals surface area (Å²) < 4.78 is 11.2. The zero-order valence-corrected chi connectivity index (χ0v) is 28.4. The first-order valence-corrected chi connectivity index (χ1v) is 17.1. The lowest BCUT2D eigenvalue weighted by atomic mass is 9.49. The highest BCUT2D eigenvalue weighted by atomic mass is 16.5. The Bertz CT molecular complexity index is 2070. The van der Waals surface area contributed by atoms with Crippen molar-refractivity contribution in [2.45, 2.75) is 31.1 Å². The number of carbonyl (C=O) groups is 4. The number of ether oxygens (including phenoxy) is 2. The molecule has 4 aromatic rings. The van der Waals surface area contributed by atoms with Crippen LogP contribution in [0.2, 0.25) is 0 Å². The Balaban J connectivity index is 1.35. The summed E-state index contributed by atoms with van der Waals surface area (Å²) in [4.78, 5) is 59.9. The predicted octanol–water partition coefficient (Wildman–Crippen LogP) is 5.91. The molecule has 51 heavy (non-hydrogen) atoms. The van der Waals surface area contributed by atoms with Crippen LogP contribution in [0.25, 0.3) is 0 Å². The average Bonchev–Trinajstić information content (AvgIpc) is 3.54. The number of rotatable bonds is 7. The number of nitrogens with zero attached hydrogens (tertiary/aromatic N) is 2. The number of phenolic OH excluding ortho intramolecular Hbond substituents is 1. The van der Waals surface area contributed by atoms with Crippen LogP contribution in [0.4, 0.5) is 11.4 Å². The van der Waals surface area contributed by atoms with Crippen LogP contribution in [-0.2, 0) is 24.6 Å². The molecular formula is C41H37N3O7. The Labute approximate surface area is 295 Å². The second-order valence-electron chi connectivity index (χ2n) is 13.7. The summed E-state index contributed by atoms with van der Waals surface area (Å²) in [6, 6.07) is 28.9. The van der Waals surface area contributed by atoms with E-state index in [2.05, 4.69) is 5.43 Å². The Morgan fingerprint density at radius 1 is 0.784 bits per heavy atom. The van der Waals surface area contributed by atoms with Gasteiger partial charge in [-0.1, -0.05) is 77.9 Å². The van der Waals surface area contributed by atoms with Crippen LogP contribution in [0, 0.1) is 30.6 Å². The van der Waals surface area contributed by atoms with E-state index in [1.165, 1.54) is 19.1 Å². The Hall–Kier alpha value is -5.90. The van der Waals surface area contributed by atoms with E-state index in [1.54, 1.807) is 36.4 Å². The molecule has 0 aromatic heterocycles. The van der Waals surface area contributed by atoms with E-state index in [-0.39, 0.29) is 41.9 Å². The number of phenols is 1. The third-order valence-electron chi connectivity index (χ3n) is 11.2. The van der Waals surface area contributed by atoms with E-state index in [1.807, 2.05) is 73.7 Å². The summed E-state index contributed by atoms with van der Waals surface area (Å²) in [5.41, 5.74) is 5.74. The van der Waals surface area contributed by atoms with E-state index in [9.17, 15) is 19.5 Å². The number of benzene rings is 4. The van der Waals surface area contributed by atoms with E-state index < -0.39 is 46.8 Å². The fourth-order valence-electron chi connectivity index (χ4n) is 9.03. The van der Waals surface area contributed by atoms with Gasteiger partial charge in [-0.15, -0.1) is 0 Å². The highest BCUT2D eigenvalue weighted by Gasteiger charge is 2.70. The quantitative estimate of drug-likeness (QED) is 0.182. The van der Waals surface area contributed by atoms with Gasteiger partial charge in [0.15, 0.2) is 11.5 Å². The van der Waals surface area contributed by atoms with Gasteiger partial charge in [-0.05, 0) is 73.2 Å². The van der Waals surface area contributed by atoms with E-state index in [4.69, 9.17) is 9.47 Å². The van der Waals surface area contributed by atoms with Crippen molar-refractivity contribution in [3.63, 3.8) is 0 Å². The zero-order valence-electron chi connectivity index (χ0n) is 28.4. The van der Waals surface area contributed by atoms with Gasteiger partial charge in [0, 0.05) is 5.92 Å². The number of nitrogens with one attached hydrogen (secondary N) is 1. The van der Waals surface area contributed by atoms with Crippen molar-refractivity contribution in [2.75, 3.05) is 24.5 Å². The van der Waals surface area contributed by atoms with Crippen molar-refractivity contribution < 1.29 is 33.8 Å². The van der Waals surface area contributed by atoms with Gasteiger partial charge in [0.05, 0.1) is 48.8 Å². The number of allylic oxidation sites excluding steroid dienone is 2. The minimum Gasteiger partial charge on any atom is -0.502 e. The van der Waals surface area contributed by atoms with Crippen LogP contribution in [0.15, 0.2) is 109 Å². The van der Waals surface area contributed by atoms with Gasteiger partial charge in [-0.25, -0.2) is 0 Å². The molecule has 0 radical (unpaired) electrons. The van der Waals surface area contributed by atoms with Crippen LogP contribution in [0.5, 0.6) is 17.2 Å². The Kier molecular flexibility index (Phi) is 7.70. The number of aryl methyl sites for hydroxylation is 1. The molecule has 258 valence electrons. The number of hydrogen-bond donors (Lipinski definition) is 2. The van der Waals surface area contributed by atoms with Gasteiger partial charge in [0.1, 0.15) is 0 Å². The number of amides is 4. The molecule has 6 atom stereocenters. The lowest BCUT2D eigenvalue weighted by molar-refractivity contribution is -0.138. The molecule has 2 saturated heterocycles. The molecule has 0 spiro atoms. The zero-order chi connectivity index (χ0) is 35.6.